The minimum absolute atomic E-state index is 0.140. The smallest absolute Gasteiger partial charge is 0.278 e. The zero-order valence-corrected chi connectivity index (χ0v) is 14.4. The van der Waals surface area contributed by atoms with Crippen molar-refractivity contribution in [1.82, 2.24) is 20.0 Å². The van der Waals surface area contributed by atoms with Gasteiger partial charge in [-0.2, -0.15) is 4.68 Å². The molecule has 0 spiro atoms. The van der Waals surface area contributed by atoms with Crippen molar-refractivity contribution >= 4 is 33.3 Å². The van der Waals surface area contributed by atoms with Gasteiger partial charge in [-0.25, -0.2) is 4.98 Å². The van der Waals surface area contributed by atoms with Crippen LogP contribution in [0.5, 0.6) is 0 Å². The molecule has 0 saturated heterocycles. The zero-order chi connectivity index (χ0) is 17.3. The number of hydrogen-bond donors (Lipinski definition) is 1. The van der Waals surface area contributed by atoms with Crippen molar-refractivity contribution in [3.8, 4) is 0 Å². The predicted molar refractivity (Wildman–Crippen MR) is 93.2 cm³/mol. The van der Waals surface area contributed by atoms with E-state index in [2.05, 4.69) is 20.6 Å². The molecular weight excluding hydrogens is 326 g/mol. The topological polar surface area (TPSA) is 89.8 Å². The summed E-state index contributed by atoms with van der Waals surface area (Å²) in [5.41, 5.74) is 0.182. The second kappa shape index (κ2) is 6.48. The first kappa shape index (κ1) is 16.3. The molecule has 2 heterocycles. The Bertz CT molecular complexity index is 947. The molecule has 8 heteroatoms. The molecule has 3 rings (SSSR count). The lowest BCUT2D eigenvalue weighted by Gasteiger charge is -2.20. The zero-order valence-electron chi connectivity index (χ0n) is 13.6. The highest BCUT2D eigenvalue weighted by Crippen LogP contribution is 2.21. The van der Waals surface area contributed by atoms with Gasteiger partial charge in [-0.3, -0.25) is 9.59 Å². The highest BCUT2D eigenvalue weighted by atomic mass is 32.1. The third-order valence-electron chi connectivity index (χ3n) is 3.61. The normalized spacial score (nSPS) is 12.5. The molecule has 0 aliphatic heterocycles. The summed E-state index contributed by atoms with van der Waals surface area (Å²) in [7, 11) is 0. The number of aromatic nitrogens is 4. The predicted octanol–water partition coefficient (Wildman–Crippen LogP) is 2.39. The number of rotatable bonds is 4. The number of thiazole rings is 1. The molecular formula is C16H17N5O2S. The van der Waals surface area contributed by atoms with Crippen molar-refractivity contribution in [2.24, 2.45) is 5.92 Å². The fourth-order valence-corrected chi connectivity index (χ4v) is 3.14. The first-order chi connectivity index (χ1) is 11.5. The summed E-state index contributed by atoms with van der Waals surface area (Å²) in [6.07, 6.45) is 1.69. The van der Waals surface area contributed by atoms with Crippen molar-refractivity contribution in [2.45, 2.75) is 26.8 Å². The number of amides is 1. The summed E-state index contributed by atoms with van der Waals surface area (Å²) < 4.78 is 1.16. The third-order valence-corrected chi connectivity index (χ3v) is 4.43. The van der Waals surface area contributed by atoms with Gasteiger partial charge in [0, 0.05) is 11.1 Å². The summed E-state index contributed by atoms with van der Waals surface area (Å²) in [5, 5.41) is 11.7. The van der Waals surface area contributed by atoms with E-state index in [4.69, 9.17) is 0 Å². The molecule has 0 saturated carbocycles. The van der Waals surface area contributed by atoms with E-state index < -0.39 is 6.04 Å². The number of anilines is 1. The highest BCUT2D eigenvalue weighted by molar-refractivity contribution is 7.15. The molecule has 0 unspecified atom stereocenters. The average molecular weight is 343 g/mol. The number of nitrogens with zero attached hydrogens (tertiary/aromatic N) is 4. The fourth-order valence-electron chi connectivity index (χ4n) is 2.47. The van der Waals surface area contributed by atoms with Crippen LogP contribution in [-0.2, 0) is 4.79 Å². The van der Waals surface area contributed by atoms with E-state index in [9.17, 15) is 9.59 Å². The van der Waals surface area contributed by atoms with Gasteiger partial charge in [0.1, 0.15) is 11.6 Å². The first-order valence-corrected chi connectivity index (χ1v) is 8.36. The average Bonchev–Trinajstić information content (AvgIpc) is 2.95. The van der Waals surface area contributed by atoms with Crippen molar-refractivity contribution in [2.75, 3.05) is 5.32 Å². The maximum atomic E-state index is 12.7. The molecule has 24 heavy (non-hydrogen) atoms. The molecule has 1 N–H and O–H groups in total. The molecule has 0 aliphatic carbocycles. The number of carbonyl (C=O) groups excluding carboxylic acids is 1. The van der Waals surface area contributed by atoms with Gasteiger partial charge in [0.25, 0.3) is 11.5 Å². The summed E-state index contributed by atoms with van der Waals surface area (Å²) in [6, 6.07) is 6.19. The minimum atomic E-state index is -0.765. The molecule has 2 aromatic heterocycles. The summed E-state index contributed by atoms with van der Waals surface area (Å²) in [4.78, 5) is 30.5. The van der Waals surface area contributed by atoms with Crippen LogP contribution in [0.4, 0.5) is 5.13 Å². The summed E-state index contributed by atoms with van der Waals surface area (Å²) >= 11 is 1.38. The second-order valence-electron chi connectivity index (χ2n) is 5.81. The van der Waals surface area contributed by atoms with Gasteiger partial charge in [-0.15, -0.1) is 16.4 Å². The van der Waals surface area contributed by atoms with Crippen LogP contribution in [-0.4, -0.2) is 25.9 Å². The van der Waals surface area contributed by atoms with Gasteiger partial charge >= 0.3 is 0 Å². The molecule has 7 nitrogen and oxygen atoms in total. The minimum Gasteiger partial charge on any atom is -0.300 e. The number of benzene rings is 1. The van der Waals surface area contributed by atoms with E-state index in [1.807, 2.05) is 20.8 Å². The second-order valence-corrected chi connectivity index (χ2v) is 7.05. The fraction of sp³-hybridized carbons (Fsp3) is 0.312. The molecule has 1 atom stereocenters. The first-order valence-electron chi connectivity index (χ1n) is 7.55. The van der Waals surface area contributed by atoms with Crippen LogP contribution in [0.2, 0.25) is 0 Å². The standard InChI is InChI=1S/C16H17N5O2S/c1-9(2)13(14(22)18-16-17-8-10(3)24-16)21-15(23)11-6-4-5-7-12(11)19-20-21/h4-9,13H,1-3H3,(H,17,18,22)/t13-/m1/s1. The van der Waals surface area contributed by atoms with E-state index in [1.54, 1.807) is 30.5 Å². The van der Waals surface area contributed by atoms with Crippen molar-refractivity contribution < 1.29 is 4.79 Å². The van der Waals surface area contributed by atoms with Crippen LogP contribution in [0.15, 0.2) is 35.3 Å². The van der Waals surface area contributed by atoms with E-state index in [1.165, 1.54) is 11.3 Å². The van der Waals surface area contributed by atoms with Crippen molar-refractivity contribution in [3.05, 3.63) is 45.7 Å². The number of nitrogens with one attached hydrogen (secondary N) is 1. The Morgan fingerprint density at radius 1 is 1.29 bits per heavy atom. The summed E-state index contributed by atoms with van der Waals surface area (Å²) in [6.45, 7) is 5.63. The van der Waals surface area contributed by atoms with Crippen LogP contribution in [0, 0.1) is 12.8 Å². The SMILES string of the molecule is Cc1cnc(NC(=O)[C@@H](C(C)C)n2nnc3ccccc3c2=O)s1. The van der Waals surface area contributed by atoms with Gasteiger partial charge in [0.05, 0.1) is 5.39 Å². The number of fused-ring (bicyclic) bond motifs is 1. The Morgan fingerprint density at radius 2 is 2.04 bits per heavy atom. The lowest BCUT2D eigenvalue weighted by Crippen LogP contribution is -2.38. The largest absolute Gasteiger partial charge is 0.300 e. The molecule has 124 valence electrons. The van der Waals surface area contributed by atoms with E-state index >= 15 is 0 Å². The van der Waals surface area contributed by atoms with Crippen molar-refractivity contribution in [1.29, 1.82) is 0 Å². The molecule has 1 amide bonds. The van der Waals surface area contributed by atoms with Gasteiger partial charge < -0.3 is 5.32 Å². The van der Waals surface area contributed by atoms with E-state index in [-0.39, 0.29) is 17.4 Å². The van der Waals surface area contributed by atoms with Crippen LogP contribution in [0.25, 0.3) is 10.9 Å². The molecule has 0 bridgehead atoms. The van der Waals surface area contributed by atoms with Crippen molar-refractivity contribution in [3.63, 3.8) is 0 Å². The molecule has 3 aromatic rings. The number of hydrogen-bond acceptors (Lipinski definition) is 6. The lowest BCUT2D eigenvalue weighted by atomic mass is 10.0. The quantitative estimate of drug-likeness (QED) is 0.785. The van der Waals surface area contributed by atoms with Gasteiger partial charge in [-0.05, 0) is 25.0 Å². The Hall–Kier alpha value is -2.61. The molecule has 0 fully saturated rings. The van der Waals surface area contributed by atoms with E-state index in [0.717, 1.165) is 9.56 Å². The molecule has 0 aliphatic rings. The Balaban J connectivity index is 2.00. The van der Waals surface area contributed by atoms with Crippen LogP contribution in [0.3, 0.4) is 0 Å². The highest BCUT2D eigenvalue weighted by Gasteiger charge is 2.28. The van der Waals surface area contributed by atoms with Crippen LogP contribution < -0.4 is 10.9 Å². The van der Waals surface area contributed by atoms with Gasteiger partial charge in [0.2, 0.25) is 0 Å². The molecule has 0 radical (unpaired) electrons. The lowest BCUT2D eigenvalue weighted by molar-refractivity contribution is -0.120. The Labute approximate surface area is 142 Å². The Kier molecular flexibility index (Phi) is 4.39. The van der Waals surface area contributed by atoms with Gasteiger partial charge in [-0.1, -0.05) is 31.2 Å². The third kappa shape index (κ3) is 3.05. The monoisotopic (exact) mass is 343 g/mol. The van der Waals surface area contributed by atoms with Crippen LogP contribution >= 0.6 is 11.3 Å². The van der Waals surface area contributed by atoms with E-state index in [0.29, 0.717) is 16.0 Å². The molecule has 1 aromatic carbocycles. The maximum absolute atomic E-state index is 12.7. The maximum Gasteiger partial charge on any atom is 0.278 e. The van der Waals surface area contributed by atoms with Gasteiger partial charge in [0.15, 0.2) is 5.13 Å². The number of carbonyl (C=O) groups is 1. The Morgan fingerprint density at radius 3 is 2.71 bits per heavy atom. The van der Waals surface area contributed by atoms with Crippen LogP contribution in [0.1, 0.15) is 24.8 Å². The number of aryl methyl sites for hydroxylation is 1. The summed E-state index contributed by atoms with van der Waals surface area (Å²) in [5.74, 6) is -0.467.